The summed E-state index contributed by atoms with van der Waals surface area (Å²) < 4.78 is 0. The predicted octanol–water partition coefficient (Wildman–Crippen LogP) is 3.48. The molecule has 1 aliphatic carbocycles. The van der Waals surface area contributed by atoms with Crippen LogP contribution in [0, 0.1) is 5.92 Å². The average molecular weight is 301 g/mol. The molecule has 1 aromatic heterocycles. The summed E-state index contributed by atoms with van der Waals surface area (Å²) in [6.07, 6.45) is 3.63. The van der Waals surface area contributed by atoms with Gasteiger partial charge >= 0.3 is 6.03 Å². The van der Waals surface area contributed by atoms with Crippen molar-refractivity contribution in [2.45, 2.75) is 31.8 Å². The van der Waals surface area contributed by atoms with Crippen LogP contribution >= 0.6 is 11.3 Å². The first-order valence-corrected chi connectivity index (χ1v) is 8.23. The van der Waals surface area contributed by atoms with E-state index >= 15 is 0 Å². The van der Waals surface area contributed by atoms with Gasteiger partial charge in [-0.1, -0.05) is 36.8 Å². The van der Waals surface area contributed by atoms with E-state index in [0.29, 0.717) is 12.5 Å². The maximum Gasteiger partial charge on any atom is 0.315 e. The summed E-state index contributed by atoms with van der Waals surface area (Å²) in [5, 5.41) is 7.95. The second kappa shape index (κ2) is 6.72. The quantitative estimate of drug-likeness (QED) is 0.888. The molecule has 3 rings (SSSR count). The highest BCUT2D eigenvalue weighted by molar-refractivity contribution is 7.07. The van der Waals surface area contributed by atoms with Crippen molar-refractivity contribution in [1.29, 1.82) is 0 Å². The number of hydrogen-bond acceptors (Lipinski definition) is 3. The molecule has 0 bridgehead atoms. The van der Waals surface area contributed by atoms with E-state index < -0.39 is 0 Å². The second-order valence-electron chi connectivity index (χ2n) is 5.39. The van der Waals surface area contributed by atoms with Gasteiger partial charge in [0.2, 0.25) is 0 Å². The van der Waals surface area contributed by atoms with E-state index in [4.69, 9.17) is 0 Å². The Labute approximate surface area is 128 Å². The van der Waals surface area contributed by atoms with E-state index in [1.807, 2.05) is 23.6 Å². The van der Waals surface area contributed by atoms with Crippen molar-refractivity contribution in [2.75, 3.05) is 0 Å². The smallest absolute Gasteiger partial charge is 0.315 e. The summed E-state index contributed by atoms with van der Waals surface area (Å²) in [6, 6.07) is 10.2. The van der Waals surface area contributed by atoms with Crippen LogP contribution in [0.3, 0.4) is 0 Å². The van der Waals surface area contributed by atoms with Gasteiger partial charge in [-0.25, -0.2) is 9.78 Å². The number of hydrogen-bond donors (Lipinski definition) is 2. The Kier molecular flexibility index (Phi) is 4.50. The Hall–Kier alpha value is -1.88. The van der Waals surface area contributed by atoms with Crippen molar-refractivity contribution in [2.24, 2.45) is 5.92 Å². The molecule has 1 heterocycles. The minimum atomic E-state index is -0.122. The lowest BCUT2D eigenvalue weighted by atomic mass is 9.77. The van der Waals surface area contributed by atoms with E-state index in [1.165, 1.54) is 36.2 Å². The number of thiazole rings is 1. The Bertz CT molecular complexity index is 566. The number of benzene rings is 1. The lowest BCUT2D eigenvalue weighted by Crippen LogP contribution is -2.41. The third-order valence-electron chi connectivity index (χ3n) is 3.98. The zero-order valence-electron chi connectivity index (χ0n) is 11.8. The van der Waals surface area contributed by atoms with Gasteiger partial charge in [0.1, 0.15) is 0 Å². The number of rotatable bonds is 5. The third kappa shape index (κ3) is 3.61. The van der Waals surface area contributed by atoms with Crippen LogP contribution in [0.1, 0.15) is 36.6 Å². The molecule has 0 unspecified atom stereocenters. The van der Waals surface area contributed by atoms with Crippen molar-refractivity contribution in [3.8, 4) is 0 Å². The van der Waals surface area contributed by atoms with E-state index in [9.17, 15) is 4.79 Å². The van der Waals surface area contributed by atoms with Gasteiger partial charge < -0.3 is 10.6 Å². The molecule has 110 valence electrons. The summed E-state index contributed by atoms with van der Waals surface area (Å²) in [5.74, 6) is 0.553. The average Bonchev–Trinajstić information content (AvgIpc) is 2.97. The van der Waals surface area contributed by atoms with E-state index in [0.717, 1.165) is 5.69 Å². The van der Waals surface area contributed by atoms with E-state index in [-0.39, 0.29) is 12.1 Å². The van der Waals surface area contributed by atoms with Gasteiger partial charge in [0.05, 0.1) is 23.8 Å². The zero-order chi connectivity index (χ0) is 14.5. The highest BCUT2D eigenvalue weighted by Gasteiger charge is 2.29. The minimum absolute atomic E-state index is 0.107. The summed E-state index contributed by atoms with van der Waals surface area (Å²) in [5.41, 5.74) is 3.86. The molecule has 2 amide bonds. The molecule has 1 saturated carbocycles. The van der Waals surface area contributed by atoms with Gasteiger partial charge in [-0.3, -0.25) is 0 Å². The van der Waals surface area contributed by atoms with Crippen molar-refractivity contribution < 1.29 is 4.79 Å². The standard InChI is InChI=1S/C16H19N3OS/c20-16(17-9-14-10-21-11-18-14)19-15(13-7-4-8-13)12-5-2-1-3-6-12/h1-3,5-6,10-11,13,15H,4,7-9H2,(H2,17,19,20)/t15-/m1/s1. The second-order valence-corrected chi connectivity index (χ2v) is 6.10. The molecule has 4 nitrogen and oxygen atoms in total. The van der Waals surface area contributed by atoms with E-state index in [2.05, 4.69) is 27.8 Å². The first-order chi connectivity index (χ1) is 10.3. The van der Waals surface area contributed by atoms with Crippen molar-refractivity contribution >= 4 is 17.4 Å². The van der Waals surface area contributed by atoms with Crippen LogP contribution < -0.4 is 10.6 Å². The van der Waals surface area contributed by atoms with Crippen LogP contribution in [-0.4, -0.2) is 11.0 Å². The molecule has 1 aliphatic rings. The zero-order valence-corrected chi connectivity index (χ0v) is 12.6. The lowest BCUT2D eigenvalue weighted by Gasteiger charge is -2.34. The number of nitrogens with one attached hydrogen (secondary N) is 2. The van der Waals surface area contributed by atoms with Gasteiger partial charge in [-0.05, 0) is 24.3 Å². The summed E-state index contributed by atoms with van der Waals surface area (Å²) >= 11 is 1.54. The Morgan fingerprint density at radius 3 is 2.76 bits per heavy atom. The van der Waals surface area contributed by atoms with Gasteiger partial charge in [-0.15, -0.1) is 11.3 Å². The first kappa shape index (κ1) is 14.1. The maximum atomic E-state index is 12.1. The number of nitrogens with zero attached hydrogens (tertiary/aromatic N) is 1. The van der Waals surface area contributed by atoms with Crippen LogP contribution in [0.4, 0.5) is 4.79 Å². The SMILES string of the molecule is O=C(NCc1cscn1)N[C@H](c1ccccc1)C1CCC1. The summed E-state index contributed by atoms with van der Waals surface area (Å²) in [7, 11) is 0. The van der Waals surface area contributed by atoms with Gasteiger partial charge in [0.25, 0.3) is 0 Å². The van der Waals surface area contributed by atoms with Crippen molar-refractivity contribution in [3.63, 3.8) is 0 Å². The van der Waals surface area contributed by atoms with Crippen LogP contribution in [0.25, 0.3) is 0 Å². The first-order valence-electron chi connectivity index (χ1n) is 7.29. The normalized spacial score (nSPS) is 16.0. The van der Waals surface area contributed by atoms with Crippen LogP contribution in [0.2, 0.25) is 0 Å². The predicted molar refractivity (Wildman–Crippen MR) is 84.0 cm³/mol. The van der Waals surface area contributed by atoms with Crippen LogP contribution in [0.5, 0.6) is 0 Å². The molecular formula is C16H19N3OS. The molecule has 1 atom stereocenters. The number of carbonyl (C=O) groups is 1. The maximum absolute atomic E-state index is 12.1. The molecule has 0 radical (unpaired) electrons. The molecule has 5 heteroatoms. The number of carbonyl (C=O) groups excluding carboxylic acids is 1. The Balaban J connectivity index is 1.60. The number of aromatic nitrogens is 1. The van der Waals surface area contributed by atoms with Gasteiger partial charge in [0.15, 0.2) is 0 Å². The Morgan fingerprint density at radius 1 is 1.33 bits per heavy atom. The molecular weight excluding hydrogens is 282 g/mol. The summed E-state index contributed by atoms with van der Waals surface area (Å²) in [4.78, 5) is 16.3. The van der Waals surface area contributed by atoms with Crippen molar-refractivity contribution in [1.82, 2.24) is 15.6 Å². The largest absolute Gasteiger partial charge is 0.332 e. The molecule has 0 aliphatic heterocycles. The molecule has 0 saturated heterocycles. The number of amides is 2. The third-order valence-corrected chi connectivity index (χ3v) is 4.62. The molecule has 2 aromatic rings. The molecule has 21 heavy (non-hydrogen) atoms. The fourth-order valence-electron chi connectivity index (χ4n) is 2.59. The minimum Gasteiger partial charge on any atom is -0.332 e. The van der Waals surface area contributed by atoms with Crippen LogP contribution in [0.15, 0.2) is 41.2 Å². The van der Waals surface area contributed by atoms with Crippen molar-refractivity contribution in [3.05, 3.63) is 52.5 Å². The van der Waals surface area contributed by atoms with Gasteiger partial charge in [-0.2, -0.15) is 0 Å². The highest BCUT2D eigenvalue weighted by Crippen LogP contribution is 2.37. The topological polar surface area (TPSA) is 54.0 Å². The molecule has 1 fully saturated rings. The van der Waals surface area contributed by atoms with Gasteiger partial charge in [0, 0.05) is 5.38 Å². The van der Waals surface area contributed by atoms with Crippen LogP contribution in [-0.2, 0) is 6.54 Å². The lowest BCUT2D eigenvalue weighted by molar-refractivity contribution is 0.207. The fourth-order valence-corrected chi connectivity index (χ4v) is 3.15. The molecule has 2 N–H and O–H groups in total. The monoisotopic (exact) mass is 301 g/mol. The number of urea groups is 1. The molecule has 1 aromatic carbocycles. The van der Waals surface area contributed by atoms with E-state index in [1.54, 1.807) is 5.51 Å². The molecule has 0 spiro atoms. The Morgan fingerprint density at radius 2 is 2.14 bits per heavy atom. The summed E-state index contributed by atoms with van der Waals surface area (Å²) in [6.45, 7) is 0.474. The highest BCUT2D eigenvalue weighted by atomic mass is 32.1. The fraction of sp³-hybridized carbons (Fsp3) is 0.375.